The van der Waals surface area contributed by atoms with Crippen LogP contribution < -0.4 is 10.2 Å². The standard InChI is InChI=1S/C19H29N5OS/c1-3-24-17-9-6-5-8-16(17)21-18(24)22-11-13-23(14-12-22)19(26)20-10-7-15-25-4-2/h5-6,8-9H,3-4,7,10-15H2,1-2H3,(H,20,26). The van der Waals surface area contributed by atoms with Gasteiger partial charge in [-0.3, -0.25) is 0 Å². The van der Waals surface area contributed by atoms with E-state index in [-0.39, 0.29) is 0 Å². The Morgan fingerprint density at radius 2 is 1.96 bits per heavy atom. The molecule has 1 N–H and O–H groups in total. The summed E-state index contributed by atoms with van der Waals surface area (Å²) >= 11 is 5.54. The number of aryl methyl sites for hydroxylation is 1. The van der Waals surface area contributed by atoms with Crippen LogP contribution in [0, 0.1) is 0 Å². The number of anilines is 1. The summed E-state index contributed by atoms with van der Waals surface area (Å²) in [7, 11) is 0. The minimum absolute atomic E-state index is 0.773. The third-order valence-electron chi connectivity index (χ3n) is 4.75. The largest absolute Gasteiger partial charge is 0.382 e. The highest BCUT2D eigenvalue weighted by Crippen LogP contribution is 2.23. The first-order valence-electron chi connectivity index (χ1n) is 9.55. The van der Waals surface area contributed by atoms with Crippen molar-refractivity contribution in [1.82, 2.24) is 19.8 Å². The zero-order valence-corrected chi connectivity index (χ0v) is 16.6. The highest BCUT2D eigenvalue weighted by molar-refractivity contribution is 7.80. The van der Waals surface area contributed by atoms with Gasteiger partial charge in [-0.05, 0) is 44.6 Å². The Morgan fingerprint density at radius 3 is 2.69 bits per heavy atom. The maximum atomic E-state index is 5.54. The van der Waals surface area contributed by atoms with Gasteiger partial charge in [0.25, 0.3) is 0 Å². The molecule has 6 nitrogen and oxygen atoms in total. The number of aromatic nitrogens is 2. The molecule has 26 heavy (non-hydrogen) atoms. The van der Waals surface area contributed by atoms with Gasteiger partial charge in [-0.15, -0.1) is 0 Å². The first kappa shape index (κ1) is 18.9. The van der Waals surface area contributed by atoms with E-state index in [1.54, 1.807) is 0 Å². The number of fused-ring (bicyclic) bond motifs is 1. The molecule has 0 atom stereocenters. The summed E-state index contributed by atoms with van der Waals surface area (Å²) in [6, 6.07) is 8.36. The molecule has 2 heterocycles. The van der Waals surface area contributed by atoms with Gasteiger partial charge in [-0.1, -0.05) is 12.1 Å². The Hall–Kier alpha value is -1.86. The Bertz CT molecular complexity index is 724. The topological polar surface area (TPSA) is 45.6 Å². The second kappa shape index (κ2) is 9.19. The normalized spacial score (nSPS) is 14.8. The van der Waals surface area contributed by atoms with Crippen molar-refractivity contribution < 1.29 is 4.74 Å². The molecule has 0 amide bonds. The third kappa shape index (κ3) is 4.27. The Balaban J connectivity index is 1.55. The lowest BCUT2D eigenvalue weighted by atomic mass is 10.3. The predicted octanol–water partition coefficient (Wildman–Crippen LogP) is 2.48. The predicted molar refractivity (Wildman–Crippen MR) is 111 cm³/mol. The number of piperazine rings is 1. The molecule has 0 radical (unpaired) electrons. The van der Waals surface area contributed by atoms with Gasteiger partial charge in [0.1, 0.15) is 0 Å². The zero-order chi connectivity index (χ0) is 18.4. The van der Waals surface area contributed by atoms with Crippen LogP contribution in [0.5, 0.6) is 0 Å². The van der Waals surface area contributed by atoms with Crippen molar-refractivity contribution in [1.29, 1.82) is 0 Å². The van der Waals surface area contributed by atoms with Crippen molar-refractivity contribution in [3.05, 3.63) is 24.3 Å². The summed E-state index contributed by atoms with van der Waals surface area (Å²) in [4.78, 5) is 9.49. The molecule has 0 saturated carbocycles. The molecule has 1 aromatic heterocycles. The van der Waals surface area contributed by atoms with Crippen molar-refractivity contribution >= 4 is 34.3 Å². The molecule has 0 spiro atoms. The highest BCUT2D eigenvalue weighted by Gasteiger charge is 2.22. The second-order valence-corrected chi connectivity index (χ2v) is 6.79. The van der Waals surface area contributed by atoms with E-state index in [9.17, 15) is 0 Å². The lowest BCUT2D eigenvalue weighted by Gasteiger charge is -2.36. The number of nitrogens with one attached hydrogen (secondary N) is 1. The van der Waals surface area contributed by atoms with Gasteiger partial charge >= 0.3 is 0 Å². The number of hydrogen-bond acceptors (Lipinski definition) is 4. The second-order valence-electron chi connectivity index (χ2n) is 6.40. The molecular formula is C19H29N5OS. The minimum Gasteiger partial charge on any atom is -0.382 e. The summed E-state index contributed by atoms with van der Waals surface area (Å²) in [5, 5.41) is 4.20. The molecule has 1 fully saturated rings. The number of para-hydroxylation sites is 2. The summed E-state index contributed by atoms with van der Waals surface area (Å²) < 4.78 is 7.66. The Kier molecular flexibility index (Phi) is 6.68. The van der Waals surface area contributed by atoms with Crippen LogP contribution in [0.15, 0.2) is 24.3 Å². The smallest absolute Gasteiger partial charge is 0.206 e. The maximum Gasteiger partial charge on any atom is 0.206 e. The number of hydrogen-bond donors (Lipinski definition) is 1. The SMILES string of the molecule is CCOCCCNC(=S)N1CCN(c2nc3ccccc3n2CC)CC1. The molecule has 0 bridgehead atoms. The number of benzene rings is 1. The fourth-order valence-electron chi connectivity index (χ4n) is 3.35. The Morgan fingerprint density at radius 1 is 1.19 bits per heavy atom. The molecular weight excluding hydrogens is 346 g/mol. The van der Waals surface area contributed by atoms with Crippen molar-refractivity contribution in [3.63, 3.8) is 0 Å². The maximum absolute atomic E-state index is 5.54. The number of imidazole rings is 1. The van der Waals surface area contributed by atoms with E-state index in [1.807, 2.05) is 13.0 Å². The molecule has 3 rings (SSSR count). The molecule has 1 aromatic carbocycles. The van der Waals surface area contributed by atoms with E-state index in [0.717, 1.165) is 75.5 Å². The molecule has 142 valence electrons. The quantitative estimate of drug-likeness (QED) is 0.593. The fourth-order valence-corrected chi connectivity index (χ4v) is 3.64. The Labute approximate surface area is 161 Å². The lowest BCUT2D eigenvalue weighted by molar-refractivity contribution is 0.145. The van der Waals surface area contributed by atoms with Gasteiger partial charge in [0, 0.05) is 52.5 Å². The van der Waals surface area contributed by atoms with E-state index in [4.69, 9.17) is 21.9 Å². The average molecular weight is 376 g/mol. The highest BCUT2D eigenvalue weighted by atomic mass is 32.1. The fraction of sp³-hybridized carbons (Fsp3) is 0.579. The lowest BCUT2D eigenvalue weighted by Crippen LogP contribution is -2.52. The van der Waals surface area contributed by atoms with E-state index < -0.39 is 0 Å². The first-order chi connectivity index (χ1) is 12.7. The van der Waals surface area contributed by atoms with E-state index in [2.05, 4.69) is 44.8 Å². The summed E-state index contributed by atoms with van der Waals surface area (Å²) in [6.45, 7) is 11.3. The monoisotopic (exact) mass is 375 g/mol. The summed E-state index contributed by atoms with van der Waals surface area (Å²) in [5.41, 5.74) is 2.28. The number of ether oxygens (including phenoxy) is 1. The summed E-state index contributed by atoms with van der Waals surface area (Å²) in [6.07, 6.45) is 0.981. The number of rotatable bonds is 7. The van der Waals surface area contributed by atoms with E-state index >= 15 is 0 Å². The van der Waals surface area contributed by atoms with Gasteiger partial charge in [-0.25, -0.2) is 4.98 Å². The molecule has 1 aliphatic heterocycles. The van der Waals surface area contributed by atoms with Crippen molar-refractivity contribution in [2.24, 2.45) is 0 Å². The van der Waals surface area contributed by atoms with Crippen LogP contribution in [0.25, 0.3) is 11.0 Å². The molecule has 1 aliphatic rings. The summed E-state index contributed by atoms with van der Waals surface area (Å²) in [5.74, 6) is 1.07. The van der Waals surface area contributed by atoms with E-state index in [0.29, 0.717) is 0 Å². The van der Waals surface area contributed by atoms with E-state index in [1.165, 1.54) is 5.52 Å². The van der Waals surface area contributed by atoms with Gasteiger partial charge in [0.2, 0.25) is 5.95 Å². The molecule has 0 unspecified atom stereocenters. The van der Waals surface area contributed by atoms with Gasteiger partial charge < -0.3 is 24.4 Å². The molecule has 1 saturated heterocycles. The third-order valence-corrected chi connectivity index (χ3v) is 5.15. The van der Waals surface area contributed by atoms with Crippen LogP contribution in [-0.2, 0) is 11.3 Å². The van der Waals surface area contributed by atoms with Crippen LogP contribution in [0.2, 0.25) is 0 Å². The van der Waals surface area contributed by atoms with Crippen molar-refractivity contribution in [3.8, 4) is 0 Å². The van der Waals surface area contributed by atoms with Crippen LogP contribution in [0.3, 0.4) is 0 Å². The average Bonchev–Trinajstić information content (AvgIpc) is 3.06. The minimum atomic E-state index is 0.773. The van der Waals surface area contributed by atoms with Crippen LogP contribution in [0.4, 0.5) is 5.95 Å². The van der Waals surface area contributed by atoms with Crippen LogP contribution in [0.1, 0.15) is 20.3 Å². The molecule has 0 aliphatic carbocycles. The number of nitrogens with zero attached hydrogens (tertiary/aromatic N) is 4. The van der Waals surface area contributed by atoms with Crippen molar-refractivity contribution in [2.75, 3.05) is 50.8 Å². The van der Waals surface area contributed by atoms with Gasteiger partial charge in [0.05, 0.1) is 11.0 Å². The zero-order valence-electron chi connectivity index (χ0n) is 15.8. The molecule has 7 heteroatoms. The number of thiocarbonyl (C=S) groups is 1. The first-order valence-corrected chi connectivity index (χ1v) is 9.96. The van der Waals surface area contributed by atoms with Crippen molar-refractivity contribution in [2.45, 2.75) is 26.8 Å². The van der Waals surface area contributed by atoms with Crippen LogP contribution >= 0.6 is 12.2 Å². The van der Waals surface area contributed by atoms with Crippen LogP contribution in [-0.4, -0.2) is 65.5 Å². The van der Waals surface area contributed by atoms with Gasteiger partial charge in [0.15, 0.2) is 5.11 Å². The van der Waals surface area contributed by atoms with Gasteiger partial charge in [-0.2, -0.15) is 0 Å². The molecule has 2 aromatic rings.